The van der Waals surface area contributed by atoms with Crippen molar-refractivity contribution in [2.45, 2.75) is 12.5 Å². The number of amides is 1. The normalized spacial score (nSPS) is 11.6. The number of hydrogen-bond acceptors (Lipinski definition) is 5. The molecule has 0 heterocycles. The summed E-state index contributed by atoms with van der Waals surface area (Å²) in [6, 6.07) is 13.7. The topological polar surface area (TPSA) is 104 Å². The third-order valence-electron chi connectivity index (χ3n) is 3.53. The van der Waals surface area contributed by atoms with E-state index >= 15 is 0 Å². The van der Waals surface area contributed by atoms with E-state index < -0.39 is 16.9 Å². The van der Waals surface area contributed by atoms with Crippen molar-refractivity contribution < 1.29 is 14.8 Å². The van der Waals surface area contributed by atoms with Crippen molar-refractivity contribution in [2.75, 3.05) is 18.9 Å². The highest BCUT2D eigenvalue weighted by molar-refractivity contribution is 5.95. The summed E-state index contributed by atoms with van der Waals surface area (Å²) >= 11 is 0. The number of hydrogen-bond donors (Lipinski definition) is 3. The number of rotatable bonds is 7. The largest absolute Gasteiger partial charge is 0.391 e. The van der Waals surface area contributed by atoms with E-state index in [0.717, 1.165) is 5.56 Å². The SMILES string of the molecule is CNC(=O)c1ccc(NCC(O)Cc2ccccc2)c([N+](=O)[O-])c1. The molecular formula is C17H19N3O4. The molecule has 2 aromatic rings. The molecule has 1 unspecified atom stereocenters. The lowest BCUT2D eigenvalue weighted by atomic mass is 10.1. The van der Waals surface area contributed by atoms with Crippen molar-refractivity contribution in [3.8, 4) is 0 Å². The zero-order valence-electron chi connectivity index (χ0n) is 13.2. The van der Waals surface area contributed by atoms with E-state index in [1.807, 2.05) is 30.3 Å². The molecule has 0 aromatic heterocycles. The van der Waals surface area contributed by atoms with Gasteiger partial charge in [-0.1, -0.05) is 30.3 Å². The Balaban J connectivity index is 2.06. The quantitative estimate of drug-likeness (QED) is 0.532. The first-order valence-electron chi connectivity index (χ1n) is 7.47. The molecule has 0 spiro atoms. The van der Waals surface area contributed by atoms with E-state index in [-0.39, 0.29) is 23.5 Å². The molecule has 7 heteroatoms. The molecule has 0 bridgehead atoms. The molecule has 0 aliphatic heterocycles. The molecule has 0 aliphatic rings. The number of benzene rings is 2. The maximum Gasteiger partial charge on any atom is 0.293 e. The van der Waals surface area contributed by atoms with E-state index in [0.29, 0.717) is 6.42 Å². The second kappa shape index (κ2) is 8.07. The molecule has 7 nitrogen and oxygen atoms in total. The van der Waals surface area contributed by atoms with Gasteiger partial charge in [-0.05, 0) is 17.7 Å². The average molecular weight is 329 g/mol. The zero-order valence-corrected chi connectivity index (χ0v) is 13.2. The number of anilines is 1. The van der Waals surface area contributed by atoms with Crippen LogP contribution in [0, 0.1) is 10.1 Å². The fourth-order valence-electron chi connectivity index (χ4n) is 2.30. The van der Waals surface area contributed by atoms with Gasteiger partial charge in [0.05, 0.1) is 11.0 Å². The monoisotopic (exact) mass is 329 g/mol. The first kappa shape index (κ1) is 17.4. The van der Waals surface area contributed by atoms with Gasteiger partial charge in [0.15, 0.2) is 0 Å². The van der Waals surface area contributed by atoms with Crippen molar-refractivity contribution in [1.29, 1.82) is 0 Å². The van der Waals surface area contributed by atoms with Crippen LogP contribution in [0.4, 0.5) is 11.4 Å². The maximum atomic E-state index is 11.6. The Morgan fingerprint density at radius 2 is 1.96 bits per heavy atom. The zero-order chi connectivity index (χ0) is 17.5. The van der Waals surface area contributed by atoms with Crippen LogP contribution >= 0.6 is 0 Å². The fourth-order valence-corrected chi connectivity index (χ4v) is 2.30. The van der Waals surface area contributed by atoms with Crippen molar-refractivity contribution in [3.05, 3.63) is 69.8 Å². The predicted octanol–water partition coefficient (Wildman–Crippen LogP) is 1.97. The van der Waals surface area contributed by atoms with Gasteiger partial charge in [0.2, 0.25) is 0 Å². The Morgan fingerprint density at radius 3 is 2.58 bits per heavy atom. The summed E-state index contributed by atoms with van der Waals surface area (Å²) in [5.74, 6) is -0.395. The number of nitrogens with one attached hydrogen (secondary N) is 2. The van der Waals surface area contributed by atoms with Crippen LogP contribution < -0.4 is 10.6 Å². The van der Waals surface area contributed by atoms with E-state index in [9.17, 15) is 20.0 Å². The minimum absolute atomic E-state index is 0.162. The number of nitro benzene ring substituents is 1. The van der Waals surface area contributed by atoms with Crippen LogP contribution in [-0.2, 0) is 6.42 Å². The highest BCUT2D eigenvalue weighted by Gasteiger charge is 2.17. The molecule has 0 fully saturated rings. The lowest BCUT2D eigenvalue weighted by Crippen LogP contribution is -2.22. The molecule has 1 atom stereocenters. The molecule has 24 heavy (non-hydrogen) atoms. The molecular weight excluding hydrogens is 310 g/mol. The summed E-state index contributed by atoms with van der Waals surface area (Å²) in [6.45, 7) is 0.162. The molecule has 0 saturated heterocycles. The van der Waals surface area contributed by atoms with Crippen molar-refractivity contribution >= 4 is 17.3 Å². The molecule has 1 amide bonds. The van der Waals surface area contributed by atoms with Crippen LogP contribution in [0.5, 0.6) is 0 Å². The predicted molar refractivity (Wildman–Crippen MR) is 91.1 cm³/mol. The van der Waals surface area contributed by atoms with E-state index in [1.54, 1.807) is 0 Å². The minimum Gasteiger partial charge on any atom is -0.391 e. The highest BCUT2D eigenvalue weighted by atomic mass is 16.6. The summed E-state index contributed by atoms with van der Waals surface area (Å²) in [6.07, 6.45) is -0.247. The summed E-state index contributed by atoms with van der Waals surface area (Å²) in [5.41, 5.74) is 1.25. The van der Waals surface area contributed by atoms with Gasteiger partial charge in [-0.25, -0.2) is 0 Å². The van der Waals surface area contributed by atoms with Gasteiger partial charge in [-0.3, -0.25) is 14.9 Å². The van der Waals surface area contributed by atoms with Gasteiger partial charge in [0.25, 0.3) is 11.6 Å². The highest BCUT2D eigenvalue weighted by Crippen LogP contribution is 2.25. The van der Waals surface area contributed by atoms with Gasteiger partial charge < -0.3 is 15.7 Å². The number of nitrogens with zero attached hydrogens (tertiary/aromatic N) is 1. The smallest absolute Gasteiger partial charge is 0.293 e. The van der Waals surface area contributed by atoms with Gasteiger partial charge in [-0.2, -0.15) is 0 Å². The standard InChI is InChI=1S/C17H19N3O4/c1-18-17(22)13-7-8-15(16(10-13)20(23)24)19-11-14(21)9-12-5-3-2-4-6-12/h2-8,10,14,19,21H,9,11H2,1H3,(H,18,22). The molecule has 0 saturated carbocycles. The lowest BCUT2D eigenvalue weighted by molar-refractivity contribution is -0.384. The summed E-state index contributed by atoms with van der Waals surface area (Å²) in [7, 11) is 1.46. The summed E-state index contributed by atoms with van der Waals surface area (Å²) in [4.78, 5) is 22.2. The van der Waals surface area contributed by atoms with Crippen LogP contribution in [-0.4, -0.2) is 35.6 Å². The van der Waals surface area contributed by atoms with Crippen LogP contribution in [0.2, 0.25) is 0 Å². The lowest BCUT2D eigenvalue weighted by Gasteiger charge is -2.13. The van der Waals surface area contributed by atoms with Crippen LogP contribution in [0.3, 0.4) is 0 Å². The Morgan fingerprint density at radius 1 is 1.25 bits per heavy atom. The van der Waals surface area contributed by atoms with Gasteiger partial charge >= 0.3 is 0 Å². The number of nitro groups is 1. The number of aliphatic hydroxyl groups is 1. The number of aliphatic hydroxyl groups excluding tert-OH is 1. The number of carbonyl (C=O) groups is 1. The second-order valence-corrected chi connectivity index (χ2v) is 5.29. The molecule has 0 aliphatic carbocycles. The van der Waals surface area contributed by atoms with Gasteiger partial charge in [0, 0.05) is 31.6 Å². The Hall–Kier alpha value is -2.93. The third kappa shape index (κ3) is 4.53. The molecule has 2 rings (SSSR count). The second-order valence-electron chi connectivity index (χ2n) is 5.29. The molecule has 3 N–H and O–H groups in total. The first-order valence-corrected chi connectivity index (χ1v) is 7.47. The third-order valence-corrected chi connectivity index (χ3v) is 3.53. The van der Waals surface area contributed by atoms with Crippen molar-refractivity contribution in [1.82, 2.24) is 5.32 Å². The first-order chi connectivity index (χ1) is 11.5. The van der Waals surface area contributed by atoms with Gasteiger partial charge in [0.1, 0.15) is 5.69 Å². The molecule has 2 aromatic carbocycles. The average Bonchev–Trinajstić information content (AvgIpc) is 2.60. The molecule has 0 radical (unpaired) electrons. The number of carbonyl (C=O) groups excluding carboxylic acids is 1. The van der Waals surface area contributed by atoms with E-state index in [4.69, 9.17) is 0 Å². The van der Waals surface area contributed by atoms with Crippen LogP contribution in [0.1, 0.15) is 15.9 Å². The van der Waals surface area contributed by atoms with Gasteiger partial charge in [-0.15, -0.1) is 0 Å². The molecule has 126 valence electrons. The van der Waals surface area contributed by atoms with E-state index in [1.165, 1.54) is 25.2 Å². The summed E-state index contributed by atoms with van der Waals surface area (Å²) < 4.78 is 0. The Labute approximate surface area is 139 Å². The maximum absolute atomic E-state index is 11.6. The van der Waals surface area contributed by atoms with Crippen molar-refractivity contribution in [2.24, 2.45) is 0 Å². The fraction of sp³-hybridized carbons (Fsp3) is 0.235. The van der Waals surface area contributed by atoms with E-state index in [2.05, 4.69) is 10.6 Å². The Kier molecular flexibility index (Phi) is 5.86. The van der Waals surface area contributed by atoms with Crippen LogP contribution in [0.15, 0.2) is 48.5 Å². The minimum atomic E-state index is -0.689. The van der Waals surface area contributed by atoms with Crippen molar-refractivity contribution in [3.63, 3.8) is 0 Å². The summed E-state index contributed by atoms with van der Waals surface area (Å²) in [5, 5.41) is 26.6. The van der Waals surface area contributed by atoms with Crippen LogP contribution in [0.25, 0.3) is 0 Å². The Bertz CT molecular complexity index is 719.